The average Bonchev–Trinajstić information content (AvgIpc) is 2.19. The molecule has 0 saturated carbocycles. The van der Waals surface area contributed by atoms with Crippen molar-refractivity contribution in [2.45, 2.75) is 49.8 Å². The van der Waals surface area contributed by atoms with E-state index < -0.39 is 57.6 Å². The fourth-order valence-corrected chi connectivity index (χ4v) is 2.27. The fraction of sp³-hybridized carbons (Fsp3) is 1.00. The number of phosphoric ester groups is 1. The zero-order chi connectivity index (χ0) is 20.5. The van der Waals surface area contributed by atoms with Crippen molar-refractivity contribution in [2.75, 3.05) is 0 Å². The maximum absolute atomic E-state index is 12.3. The van der Waals surface area contributed by atoms with Crippen LogP contribution in [0.1, 0.15) is 12.8 Å². The van der Waals surface area contributed by atoms with E-state index in [-0.39, 0.29) is 0 Å². The lowest BCUT2D eigenvalue weighted by molar-refractivity contribution is -0.251. The molecule has 0 aromatic rings. The lowest BCUT2D eigenvalue weighted by Crippen LogP contribution is -2.38. The molecule has 0 amide bonds. The van der Waals surface area contributed by atoms with Gasteiger partial charge in [0.1, 0.15) is 0 Å². The highest BCUT2D eigenvalue weighted by Crippen LogP contribution is 2.52. The van der Waals surface area contributed by atoms with Crippen molar-refractivity contribution in [3.8, 4) is 0 Å². The van der Waals surface area contributed by atoms with Crippen molar-refractivity contribution in [2.24, 2.45) is 0 Å². The van der Waals surface area contributed by atoms with Crippen LogP contribution in [0.2, 0.25) is 0 Å². The molecular weight excluding hydrogens is 419 g/mol. The van der Waals surface area contributed by atoms with Crippen LogP contribution in [-0.4, -0.2) is 41.8 Å². The summed E-state index contributed by atoms with van der Waals surface area (Å²) in [4.78, 5) is 8.75. The Balaban J connectivity index is 5.39. The molecule has 0 heterocycles. The van der Waals surface area contributed by atoms with Crippen LogP contribution in [0.4, 0.5) is 52.7 Å². The van der Waals surface area contributed by atoms with Crippen molar-refractivity contribution >= 4 is 7.82 Å². The van der Waals surface area contributed by atoms with Gasteiger partial charge in [-0.25, -0.2) is 4.57 Å². The van der Waals surface area contributed by atoms with Gasteiger partial charge in [0, 0.05) is 0 Å². The summed E-state index contributed by atoms with van der Waals surface area (Å²) in [5.41, 5.74) is 0. The van der Waals surface area contributed by atoms with E-state index in [2.05, 4.69) is 9.05 Å². The molecule has 0 bridgehead atoms. The zero-order valence-corrected chi connectivity index (χ0v) is 12.1. The van der Waals surface area contributed by atoms with Crippen molar-refractivity contribution in [1.82, 2.24) is 0 Å². The normalized spacial score (nSPS) is 19.4. The molecule has 152 valence electrons. The summed E-state index contributed by atoms with van der Waals surface area (Å²) in [7, 11) is -6.61. The maximum atomic E-state index is 12.3. The third kappa shape index (κ3) is 10.8. The molecule has 25 heavy (non-hydrogen) atoms. The predicted octanol–water partition coefficient (Wildman–Crippen LogP) is 4.89. The SMILES string of the molecule is O=P(O)(OC(CC(F)(F)F)C(F)(F)F)OC(CC(F)(F)F)C(F)(F)F. The molecule has 0 aromatic heterocycles. The van der Waals surface area contributed by atoms with Gasteiger partial charge < -0.3 is 4.89 Å². The van der Waals surface area contributed by atoms with Gasteiger partial charge in [-0.15, -0.1) is 0 Å². The summed E-state index contributed by atoms with van der Waals surface area (Å²) in [6.45, 7) is 0. The molecule has 4 nitrogen and oxygen atoms in total. The minimum Gasteiger partial charge on any atom is -0.302 e. The smallest absolute Gasteiger partial charge is 0.302 e. The van der Waals surface area contributed by atoms with Gasteiger partial charge in [0.05, 0.1) is 12.8 Å². The first-order chi connectivity index (χ1) is 10.6. The Morgan fingerprint density at radius 2 is 0.920 bits per heavy atom. The van der Waals surface area contributed by atoms with E-state index in [0.29, 0.717) is 0 Å². The van der Waals surface area contributed by atoms with Crippen LogP contribution in [0.25, 0.3) is 0 Å². The fourth-order valence-electron chi connectivity index (χ4n) is 1.19. The molecule has 0 aliphatic rings. The van der Waals surface area contributed by atoms with Crippen LogP contribution in [0, 0.1) is 0 Å². The van der Waals surface area contributed by atoms with E-state index in [1.54, 1.807) is 0 Å². The topological polar surface area (TPSA) is 55.8 Å². The molecule has 2 unspecified atom stereocenters. The number of hydrogen-bond donors (Lipinski definition) is 1. The summed E-state index contributed by atoms with van der Waals surface area (Å²) in [6.07, 6.45) is -37.4. The second-order valence-electron chi connectivity index (χ2n) is 4.38. The summed E-state index contributed by atoms with van der Waals surface area (Å²) in [6, 6.07) is 0. The van der Waals surface area contributed by atoms with Gasteiger partial charge in [-0.1, -0.05) is 0 Å². The van der Waals surface area contributed by atoms with E-state index in [4.69, 9.17) is 4.89 Å². The highest BCUT2D eigenvalue weighted by atomic mass is 31.2. The quantitative estimate of drug-likeness (QED) is 0.486. The Morgan fingerprint density at radius 1 is 0.680 bits per heavy atom. The molecule has 0 aromatic carbocycles. The third-order valence-electron chi connectivity index (χ3n) is 2.08. The van der Waals surface area contributed by atoms with E-state index in [0.717, 1.165) is 0 Å². The number of hydrogen-bond acceptors (Lipinski definition) is 3. The highest BCUT2D eigenvalue weighted by molar-refractivity contribution is 7.47. The van der Waals surface area contributed by atoms with Crippen LogP contribution < -0.4 is 0 Å². The van der Waals surface area contributed by atoms with Crippen LogP contribution in [0.15, 0.2) is 0 Å². The van der Waals surface area contributed by atoms with Crippen molar-refractivity contribution in [1.29, 1.82) is 0 Å². The van der Waals surface area contributed by atoms with E-state index in [1.165, 1.54) is 0 Å². The second-order valence-corrected chi connectivity index (χ2v) is 5.74. The first kappa shape index (κ1) is 24.3. The summed E-state index contributed by atoms with van der Waals surface area (Å²) < 4.78 is 163. The molecule has 2 atom stereocenters. The zero-order valence-electron chi connectivity index (χ0n) is 11.2. The van der Waals surface area contributed by atoms with Gasteiger partial charge in [-0.05, 0) is 0 Å². The van der Waals surface area contributed by atoms with Gasteiger partial charge in [-0.3, -0.25) is 9.05 Å². The third-order valence-corrected chi connectivity index (χ3v) is 3.13. The van der Waals surface area contributed by atoms with Crippen LogP contribution >= 0.6 is 7.82 Å². The Kier molecular flexibility index (Phi) is 7.27. The van der Waals surface area contributed by atoms with Gasteiger partial charge in [0.2, 0.25) is 0 Å². The summed E-state index contributed by atoms with van der Waals surface area (Å²) >= 11 is 0. The van der Waals surface area contributed by atoms with Crippen LogP contribution in [-0.2, 0) is 13.6 Å². The summed E-state index contributed by atoms with van der Waals surface area (Å²) in [5.74, 6) is 0. The first-order valence-electron chi connectivity index (χ1n) is 5.59. The lowest BCUT2D eigenvalue weighted by atomic mass is 10.2. The predicted molar refractivity (Wildman–Crippen MR) is 53.0 cm³/mol. The Morgan fingerprint density at radius 3 is 1.08 bits per heavy atom. The molecule has 0 spiro atoms. The molecular formula is C8H7F12O4P. The number of alkyl halides is 12. The molecule has 0 fully saturated rings. The summed E-state index contributed by atoms with van der Waals surface area (Å²) in [5, 5.41) is 0. The van der Waals surface area contributed by atoms with E-state index >= 15 is 0 Å². The van der Waals surface area contributed by atoms with Crippen molar-refractivity contribution < 1.29 is 71.2 Å². The van der Waals surface area contributed by atoms with Crippen LogP contribution in [0.3, 0.4) is 0 Å². The van der Waals surface area contributed by atoms with Gasteiger partial charge in [-0.2, -0.15) is 52.7 Å². The van der Waals surface area contributed by atoms with E-state index in [9.17, 15) is 57.3 Å². The molecule has 17 heteroatoms. The Labute approximate surface area is 130 Å². The van der Waals surface area contributed by atoms with E-state index in [1.807, 2.05) is 0 Å². The molecule has 0 rings (SSSR count). The molecule has 0 radical (unpaired) electrons. The Hall–Kier alpha value is -0.730. The van der Waals surface area contributed by atoms with Gasteiger partial charge in [0.15, 0.2) is 12.2 Å². The standard InChI is InChI=1S/C8H7F12O4P/c9-5(10,11)1-3(7(15,16)17)23-25(21,22)24-4(8(18,19)20)2-6(12,13)14/h3-4H,1-2H2,(H,21,22). The minimum atomic E-state index is -6.61. The first-order valence-corrected chi connectivity index (χ1v) is 7.08. The number of halogens is 12. The number of phosphoric acid groups is 1. The van der Waals surface area contributed by atoms with Crippen molar-refractivity contribution in [3.05, 3.63) is 0 Å². The molecule has 1 N–H and O–H groups in total. The number of rotatable bonds is 6. The average molecular weight is 426 g/mol. The van der Waals surface area contributed by atoms with Crippen LogP contribution in [0.5, 0.6) is 0 Å². The minimum absolute atomic E-state index is 2.94. The van der Waals surface area contributed by atoms with Gasteiger partial charge in [0.25, 0.3) is 0 Å². The van der Waals surface area contributed by atoms with Gasteiger partial charge >= 0.3 is 32.5 Å². The largest absolute Gasteiger partial charge is 0.473 e. The molecule has 0 saturated heterocycles. The monoisotopic (exact) mass is 426 g/mol. The molecule has 0 aliphatic heterocycles. The molecule has 0 aliphatic carbocycles. The lowest BCUT2D eigenvalue weighted by Gasteiger charge is -2.27. The Bertz CT molecular complexity index is 437. The second kappa shape index (κ2) is 7.48. The maximum Gasteiger partial charge on any atom is 0.473 e. The van der Waals surface area contributed by atoms with Crippen molar-refractivity contribution in [3.63, 3.8) is 0 Å². The highest BCUT2D eigenvalue weighted by Gasteiger charge is 2.54.